The van der Waals surface area contributed by atoms with Gasteiger partial charge in [-0.25, -0.2) is 0 Å². The number of aromatic nitrogens is 3. The maximum Gasteiger partial charge on any atom is 0.230 e. The zero-order valence-corrected chi connectivity index (χ0v) is 19.5. The van der Waals surface area contributed by atoms with Crippen molar-refractivity contribution in [3.8, 4) is 17.5 Å². The number of benzene rings is 1. The molecule has 162 valence electrons. The fourth-order valence-corrected chi connectivity index (χ4v) is 6.21. The number of nitrogens with zero attached hydrogens (tertiary/aromatic N) is 4. The highest BCUT2D eigenvalue weighted by atomic mass is 35.5. The van der Waals surface area contributed by atoms with Crippen molar-refractivity contribution in [1.29, 1.82) is 0 Å². The molecular weight excluding hydrogens is 455 g/mol. The second-order valence-electron chi connectivity index (χ2n) is 8.37. The Bertz CT molecular complexity index is 1210. The molecule has 9 heteroatoms. The van der Waals surface area contributed by atoms with Gasteiger partial charge in [0.05, 0.1) is 17.2 Å². The molecule has 1 fully saturated rings. The highest BCUT2D eigenvalue weighted by Gasteiger charge is 2.35. The van der Waals surface area contributed by atoms with E-state index in [1.54, 1.807) is 24.5 Å². The van der Waals surface area contributed by atoms with Crippen LogP contribution in [0.1, 0.15) is 36.8 Å². The fourth-order valence-electron chi connectivity index (χ4n) is 4.59. The van der Waals surface area contributed by atoms with E-state index in [4.69, 9.17) is 27.6 Å². The molecule has 1 N–H and O–H groups in total. The molecule has 0 amide bonds. The number of furan rings is 1. The molecule has 0 radical (unpaired) electrons. The highest BCUT2D eigenvalue weighted by Crippen LogP contribution is 2.44. The summed E-state index contributed by atoms with van der Waals surface area (Å²) in [5.41, 5.74) is 0.915. The minimum Gasteiger partial charge on any atom is -0.492 e. The van der Waals surface area contributed by atoms with E-state index in [0.29, 0.717) is 38.4 Å². The molecule has 1 aliphatic rings. The lowest BCUT2D eigenvalue weighted by molar-refractivity contribution is 0.112. The summed E-state index contributed by atoms with van der Waals surface area (Å²) >= 11 is 14.2. The first-order chi connectivity index (χ1) is 14.9. The lowest BCUT2D eigenvalue weighted by atomic mass is 9.89. The Morgan fingerprint density at radius 2 is 1.97 bits per heavy atom. The van der Waals surface area contributed by atoms with Crippen LogP contribution in [0.2, 0.25) is 10.0 Å². The number of halogens is 2. The van der Waals surface area contributed by atoms with Gasteiger partial charge < -0.3 is 9.52 Å². The van der Waals surface area contributed by atoms with Crippen molar-refractivity contribution >= 4 is 39.5 Å². The molecular formula is C22H22Cl2N4O2S. The molecule has 3 atom stereocenters. The van der Waals surface area contributed by atoms with Gasteiger partial charge in [-0.05, 0) is 48.1 Å². The van der Waals surface area contributed by atoms with Crippen LogP contribution in [0.3, 0.4) is 0 Å². The number of piperidine rings is 1. The van der Waals surface area contributed by atoms with Gasteiger partial charge in [-0.3, -0.25) is 4.90 Å². The molecule has 4 heterocycles. The maximum atomic E-state index is 11.2. The highest BCUT2D eigenvalue weighted by molar-refractivity contribution is 7.17. The predicted octanol–water partition coefficient (Wildman–Crippen LogP) is 6.13. The Morgan fingerprint density at radius 3 is 2.61 bits per heavy atom. The van der Waals surface area contributed by atoms with Crippen LogP contribution in [0.4, 0.5) is 0 Å². The summed E-state index contributed by atoms with van der Waals surface area (Å²) in [5, 5.41) is 16.8. The average molecular weight is 477 g/mol. The van der Waals surface area contributed by atoms with Crippen LogP contribution >= 0.6 is 34.5 Å². The van der Waals surface area contributed by atoms with Gasteiger partial charge in [0.2, 0.25) is 16.7 Å². The molecule has 4 aromatic rings. The molecule has 31 heavy (non-hydrogen) atoms. The lowest BCUT2D eigenvalue weighted by Crippen LogP contribution is -2.41. The number of rotatable bonds is 4. The van der Waals surface area contributed by atoms with Gasteiger partial charge in [-0.2, -0.15) is 9.50 Å². The van der Waals surface area contributed by atoms with Crippen molar-refractivity contribution in [2.24, 2.45) is 11.8 Å². The molecule has 0 saturated carbocycles. The number of likely N-dealkylation sites (tertiary alicyclic amines) is 1. The van der Waals surface area contributed by atoms with E-state index in [9.17, 15) is 5.11 Å². The van der Waals surface area contributed by atoms with Crippen LogP contribution in [0, 0.1) is 11.8 Å². The van der Waals surface area contributed by atoms with Gasteiger partial charge in [0.1, 0.15) is 0 Å². The molecule has 5 rings (SSSR count). The van der Waals surface area contributed by atoms with Crippen LogP contribution in [0.25, 0.3) is 16.5 Å². The predicted molar refractivity (Wildman–Crippen MR) is 123 cm³/mol. The van der Waals surface area contributed by atoms with Crippen molar-refractivity contribution in [2.45, 2.75) is 26.3 Å². The first-order valence-electron chi connectivity index (χ1n) is 10.2. The summed E-state index contributed by atoms with van der Waals surface area (Å²) in [7, 11) is 0. The first kappa shape index (κ1) is 20.8. The van der Waals surface area contributed by atoms with E-state index in [0.717, 1.165) is 23.5 Å². The molecule has 0 bridgehead atoms. The molecule has 6 nitrogen and oxygen atoms in total. The van der Waals surface area contributed by atoms with E-state index in [1.807, 2.05) is 12.1 Å². The lowest BCUT2D eigenvalue weighted by Gasteiger charge is -2.40. The second kappa shape index (κ2) is 8.13. The van der Waals surface area contributed by atoms with Crippen LogP contribution < -0.4 is 0 Å². The summed E-state index contributed by atoms with van der Waals surface area (Å²) in [5.74, 6) is 2.18. The molecule has 1 aliphatic heterocycles. The third kappa shape index (κ3) is 3.84. The third-order valence-electron chi connectivity index (χ3n) is 5.71. The quantitative estimate of drug-likeness (QED) is 0.383. The standard InChI is InChI=1S/C22H22Cl2N4O2S/c1-12-8-13(2)11-27(10-12)18(15-6-5-14(23)9-16(15)24)19-21(29)28-22(31-19)25-20(26-28)17-4-3-7-30-17/h3-7,9,12-13,18,29H,8,10-11H2,1-2H3/t12-,13-,18-/m1/s1. The van der Waals surface area contributed by atoms with E-state index in [-0.39, 0.29) is 11.9 Å². The summed E-state index contributed by atoms with van der Waals surface area (Å²) in [6, 6.07) is 8.91. The minimum atomic E-state index is -0.212. The topological polar surface area (TPSA) is 66.8 Å². The fraction of sp³-hybridized carbons (Fsp3) is 0.364. The van der Waals surface area contributed by atoms with Gasteiger partial charge in [0, 0.05) is 23.1 Å². The summed E-state index contributed by atoms with van der Waals surface area (Å²) in [6.07, 6.45) is 2.76. The van der Waals surface area contributed by atoms with Crippen LogP contribution in [-0.4, -0.2) is 37.7 Å². The number of thiazole rings is 1. The van der Waals surface area contributed by atoms with E-state index < -0.39 is 0 Å². The van der Waals surface area contributed by atoms with E-state index >= 15 is 0 Å². The summed E-state index contributed by atoms with van der Waals surface area (Å²) in [4.78, 5) is 8.34. The number of hydrogen-bond donors (Lipinski definition) is 1. The normalized spacial score (nSPS) is 21.0. The Morgan fingerprint density at radius 1 is 1.19 bits per heavy atom. The van der Waals surface area contributed by atoms with Crippen LogP contribution in [0.5, 0.6) is 5.88 Å². The largest absolute Gasteiger partial charge is 0.492 e. The number of fused-ring (bicyclic) bond motifs is 1. The van der Waals surface area contributed by atoms with Crippen molar-refractivity contribution in [1.82, 2.24) is 19.5 Å². The minimum absolute atomic E-state index is 0.0761. The Hall–Kier alpha value is -2.06. The molecule has 1 aromatic carbocycles. The third-order valence-corrected chi connectivity index (χ3v) is 7.34. The Labute approximate surface area is 194 Å². The van der Waals surface area contributed by atoms with Crippen LogP contribution in [-0.2, 0) is 0 Å². The van der Waals surface area contributed by atoms with Gasteiger partial charge in [0.15, 0.2) is 5.76 Å². The Balaban J connectivity index is 1.63. The Kier molecular flexibility index (Phi) is 5.46. The molecule has 3 aromatic heterocycles. The summed E-state index contributed by atoms with van der Waals surface area (Å²) in [6.45, 7) is 6.36. The SMILES string of the molecule is C[C@@H]1C[C@@H](C)CN([C@H](c2ccc(Cl)cc2Cl)c2sc3nc(-c4ccco4)nn3c2O)C1. The van der Waals surface area contributed by atoms with Crippen molar-refractivity contribution in [3.05, 3.63) is 57.1 Å². The first-order valence-corrected chi connectivity index (χ1v) is 11.8. The second-order valence-corrected chi connectivity index (χ2v) is 10.2. The number of aromatic hydroxyl groups is 1. The van der Waals surface area contributed by atoms with Gasteiger partial charge in [0.25, 0.3) is 0 Å². The number of hydrogen-bond acceptors (Lipinski definition) is 6. The monoisotopic (exact) mass is 476 g/mol. The van der Waals surface area contributed by atoms with E-state index in [1.165, 1.54) is 22.3 Å². The molecule has 0 aliphatic carbocycles. The van der Waals surface area contributed by atoms with Gasteiger partial charge in [-0.1, -0.05) is 54.5 Å². The average Bonchev–Trinajstić information content (AvgIpc) is 3.42. The van der Waals surface area contributed by atoms with Crippen molar-refractivity contribution in [3.63, 3.8) is 0 Å². The maximum absolute atomic E-state index is 11.2. The van der Waals surface area contributed by atoms with Crippen molar-refractivity contribution < 1.29 is 9.52 Å². The zero-order chi connectivity index (χ0) is 21.7. The molecule has 1 saturated heterocycles. The van der Waals surface area contributed by atoms with Crippen molar-refractivity contribution in [2.75, 3.05) is 13.1 Å². The zero-order valence-electron chi connectivity index (χ0n) is 17.1. The molecule has 0 spiro atoms. The molecule has 0 unspecified atom stereocenters. The van der Waals surface area contributed by atoms with E-state index in [2.05, 4.69) is 28.8 Å². The summed E-state index contributed by atoms with van der Waals surface area (Å²) < 4.78 is 6.88. The van der Waals surface area contributed by atoms with Gasteiger partial charge >= 0.3 is 0 Å². The van der Waals surface area contributed by atoms with Gasteiger partial charge in [-0.15, -0.1) is 5.10 Å². The van der Waals surface area contributed by atoms with Crippen LogP contribution in [0.15, 0.2) is 41.0 Å². The smallest absolute Gasteiger partial charge is 0.230 e.